The smallest absolute Gasteiger partial charge is 0.300 e. The summed E-state index contributed by atoms with van der Waals surface area (Å²) in [7, 11) is 1.42. The van der Waals surface area contributed by atoms with Gasteiger partial charge in [0.2, 0.25) is 0 Å². The fourth-order valence-corrected chi connectivity index (χ4v) is 3.85. The number of aryl methyl sites for hydroxylation is 1. The number of Topliss-reactive ketones (excluding diaryl/α,β-unsaturated/α-hetero) is 1. The first kappa shape index (κ1) is 20.2. The third kappa shape index (κ3) is 3.42. The Morgan fingerprint density at radius 2 is 1.65 bits per heavy atom. The summed E-state index contributed by atoms with van der Waals surface area (Å²) >= 11 is 0. The summed E-state index contributed by atoms with van der Waals surface area (Å²) in [6.07, 6.45) is 0. The summed E-state index contributed by atoms with van der Waals surface area (Å²) in [5.74, 6) is -1.63. The summed E-state index contributed by atoms with van der Waals surface area (Å²) in [4.78, 5) is 27.7. The summed E-state index contributed by atoms with van der Waals surface area (Å²) < 4.78 is 5.23. The van der Waals surface area contributed by atoms with Crippen LogP contribution in [-0.4, -0.2) is 29.0 Å². The van der Waals surface area contributed by atoms with Gasteiger partial charge in [0.1, 0.15) is 5.76 Å². The van der Waals surface area contributed by atoms with E-state index in [4.69, 9.17) is 4.74 Å². The molecule has 1 aliphatic heterocycles. The van der Waals surface area contributed by atoms with Crippen molar-refractivity contribution in [2.24, 2.45) is 0 Å². The van der Waals surface area contributed by atoms with Gasteiger partial charge in [-0.15, -0.1) is 0 Å². The van der Waals surface area contributed by atoms with Crippen molar-refractivity contribution >= 4 is 23.1 Å². The molecule has 1 amide bonds. The highest BCUT2D eigenvalue weighted by atomic mass is 16.5. The number of anilines is 1. The number of aliphatic hydroxyl groups excluding tert-OH is 1. The molecule has 0 bridgehead atoms. The molecule has 2 N–H and O–H groups in total. The van der Waals surface area contributed by atoms with Crippen molar-refractivity contribution in [3.63, 3.8) is 0 Å². The average molecular weight is 415 g/mol. The van der Waals surface area contributed by atoms with E-state index in [2.05, 4.69) is 0 Å². The summed E-state index contributed by atoms with van der Waals surface area (Å²) in [6.45, 7) is 1.85. The van der Waals surface area contributed by atoms with Crippen molar-refractivity contribution in [2.75, 3.05) is 12.0 Å². The lowest BCUT2D eigenvalue weighted by Crippen LogP contribution is -2.30. The van der Waals surface area contributed by atoms with Crippen molar-refractivity contribution in [3.05, 3.63) is 95.1 Å². The van der Waals surface area contributed by atoms with E-state index in [0.717, 1.165) is 5.56 Å². The van der Waals surface area contributed by atoms with E-state index in [9.17, 15) is 19.8 Å². The normalized spacial score (nSPS) is 17.7. The number of amides is 1. The van der Waals surface area contributed by atoms with Gasteiger partial charge in [-0.3, -0.25) is 14.5 Å². The number of methoxy groups -OCH3 is 1. The predicted molar refractivity (Wildman–Crippen MR) is 117 cm³/mol. The fourth-order valence-electron chi connectivity index (χ4n) is 3.85. The molecule has 0 aromatic heterocycles. The maximum Gasteiger partial charge on any atom is 0.300 e. The first-order valence-electron chi connectivity index (χ1n) is 9.73. The van der Waals surface area contributed by atoms with Gasteiger partial charge in [0, 0.05) is 11.3 Å². The lowest BCUT2D eigenvalue weighted by Gasteiger charge is -2.27. The number of aliphatic hydroxyl groups is 1. The van der Waals surface area contributed by atoms with Crippen LogP contribution in [0.1, 0.15) is 22.7 Å². The Balaban J connectivity index is 1.99. The molecule has 6 nitrogen and oxygen atoms in total. The second kappa shape index (κ2) is 7.99. The van der Waals surface area contributed by atoms with E-state index in [1.807, 2.05) is 19.1 Å². The van der Waals surface area contributed by atoms with Gasteiger partial charge in [0.25, 0.3) is 11.7 Å². The molecular formula is C25H21NO5. The molecule has 1 atom stereocenters. The zero-order chi connectivity index (χ0) is 22.1. The van der Waals surface area contributed by atoms with Crippen LogP contribution < -0.4 is 9.64 Å². The van der Waals surface area contributed by atoms with Crippen LogP contribution in [0.4, 0.5) is 5.69 Å². The summed E-state index contributed by atoms with van der Waals surface area (Å²) in [5, 5.41) is 21.1. The highest BCUT2D eigenvalue weighted by molar-refractivity contribution is 6.51. The summed E-state index contributed by atoms with van der Waals surface area (Å²) in [6, 6.07) is 19.6. The van der Waals surface area contributed by atoms with E-state index in [1.165, 1.54) is 18.1 Å². The number of para-hydroxylation sites is 1. The van der Waals surface area contributed by atoms with Gasteiger partial charge in [-0.25, -0.2) is 0 Å². The standard InChI is InChI=1S/C25H21NO5/c1-15-8-6-7-11-18(15)26-22(17-12-13-19(27)20(14-17)31-2)21(24(29)25(26)30)23(28)16-9-4-3-5-10-16/h3-14,22,27-28H,1-2H3/b23-21+. The molecule has 3 aromatic rings. The van der Waals surface area contributed by atoms with Crippen molar-refractivity contribution in [3.8, 4) is 11.5 Å². The molecule has 1 heterocycles. The van der Waals surface area contributed by atoms with Gasteiger partial charge in [0.05, 0.1) is 18.7 Å². The number of aromatic hydroxyl groups is 1. The second-order valence-corrected chi connectivity index (χ2v) is 7.25. The maximum atomic E-state index is 13.2. The Morgan fingerprint density at radius 3 is 2.32 bits per heavy atom. The minimum atomic E-state index is -0.893. The van der Waals surface area contributed by atoms with Gasteiger partial charge in [-0.1, -0.05) is 54.6 Å². The summed E-state index contributed by atoms with van der Waals surface area (Å²) in [5.41, 5.74) is 2.30. The number of phenolic OH excluding ortho intramolecular Hbond substituents is 1. The van der Waals surface area contributed by atoms with Crippen LogP contribution in [0, 0.1) is 6.92 Å². The lowest BCUT2D eigenvalue weighted by molar-refractivity contribution is -0.132. The number of hydrogen-bond donors (Lipinski definition) is 2. The fraction of sp³-hybridized carbons (Fsp3) is 0.120. The molecule has 1 aliphatic rings. The van der Waals surface area contributed by atoms with Crippen molar-refractivity contribution in [1.29, 1.82) is 0 Å². The first-order chi connectivity index (χ1) is 14.9. The molecule has 1 fully saturated rings. The predicted octanol–water partition coefficient (Wildman–Crippen LogP) is 4.34. The SMILES string of the molecule is COc1cc(C2/C(=C(\O)c3ccccc3)C(=O)C(=O)N2c2ccccc2C)ccc1O. The highest BCUT2D eigenvalue weighted by Crippen LogP contribution is 2.44. The van der Waals surface area contributed by atoms with Crippen LogP contribution in [-0.2, 0) is 9.59 Å². The molecule has 0 aliphatic carbocycles. The lowest BCUT2D eigenvalue weighted by atomic mass is 9.94. The minimum Gasteiger partial charge on any atom is -0.507 e. The van der Waals surface area contributed by atoms with Gasteiger partial charge in [-0.05, 0) is 36.2 Å². The number of ether oxygens (including phenoxy) is 1. The zero-order valence-electron chi connectivity index (χ0n) is 17.1. The Kier molecular flexibility index (Phi) is 5.21. The van der Waals surface area contributed by atoms with Crippen LogP contribution in [0.5, 0.6) is 11.5 Å². The minimum absolute atomic E-state index is 0.0211. The molecule has 6 heteroatoms. The molecule has 1 saturated heterocycles. The molecule has 0 saturated carbocycles. The Hall–Kier alpha value is -4.06. The molecule has 4 rings (SSSR count). The zero-order valence-corrected chi connectivity index (χ0v) is 17.1. The van der Waals surface area contributed by atoms with E-state index in [-0.39, 0.29) is 22.8 Å². The Labute approximate surface area is 179 Å². The topological polar surface area (TPSA) is 87.1 Å². The van der Waals surface area contributed by atoms with Gasteiger partial charge in [-0.2, -0.15) is 0 Å². The van der Waals surface area contributed by atoms with Crippen molar-refractivity contribution in [1.82, 2.24) is 0 Å². The average Bonchev–Trinajstić information content (AvgIpc) is 3.05. The number of benzene rings is 3. The number of carbonyl (C=O) groups is 2. The number of hydrogen-bond acceptors (Lipinski definition) is 5. The number of carbonyl (C=O) groups excluding carboxylic acids is 2. The van der Waals surface area contributed by atoms with E-state index < -0.39 is 17.7 Å². The van der Waals surface area contributed by atoms with Crippen molar-refractivity contribution in [2.45, 2.75) is 13.0 Å². The monoisotopic (exact) mass is 415 g/mol. The highest BCUT2D eigenvalue weighted by Gasteiger charge is 2.47. The third-order valence-corrected chi connectivity index (χ3v) is 5.39. The van der Waals surface area contributed by atoms with Crippen molar-refractivity contribution < 1.29 is 24.5 Å². The number of rotatable bonds is 4. The number of ketones is 1. The van der Waals surface area contributed by atoms with E-state index in [1.54, 1.807) is 54.6 Å². The number of nitrogens with zero attached hydrogens (tertiary/aromatic N) is 1. The molecule has 0 radical (unpaired) electrons. The van der Waals surface area contributed by atoms with Gasteiger partial charge in [0.15, 0.2) is 11.5 Å². The number of phenols is 1. The van der Waals surface area contributed by atoms with Crippen LogP contribution in [0.3, 0.4) is 0 Å². The van der Waals surface area contributed by atoms with E-state index in [0.29, 0.717) is 16.8 Å². The maximum absolute atomic E-state index is 13.2. The van der Waals surface area contributed by atoms with Crippen LogP contribution in [0.15, 0.2) is 78.4 Å². The first-order valence-corrected chi connectivity index (χ1v) is 9.73. The molecule has 3 aromatic carbocycles. The van der Waals surface area contributed by atoms with Gasteiger partial charge >= 0.3 is 0 Å². The van der Waals surface area contributed by atoms with Crippen LogP contribution in [0.2, 0.25) is 0 Å². The second-order valence-electron chi connectivity index (χ2n) is 7.25. The van der Waals surface area contributed by atoms with Gasteiger partial charge < -0.3 is 14.9 Å². The molecule has 0 spiro atoms. The molecule has 31 heavy (non-hydrogen) atoms. The quantitative estimate of drug-likeness (QED) is 0.376. The molecule has 1 unspecified atom stereocenters. The molecule has 156 valence electrons. The largest absolute Gasteiger partial charge is 0.507 e. The Morgan fingerprint density at radius 1 is 0.968 bits per heavy atom. The third-order valence-electron chi connectivity index (χ3n) is 5.39. The van der Waals surface area contributed by atoms with Crippen LogP contribution in [0.25, 0.3) is 5.76 Å². The van der Waals surface area contributed by atoms with Crippen LogP contribution >= 0.6 is 0 Å². The Bertz CT molecular complexity index is 1200. The van der Waals surface area contributed by atoms with E-state index >= 15 is 0 Å². The molecular weight excluding hydrogens is 394 g/mol.